The van der Waals surface area contributed by atoms with E-state index < -0.39 is 65.3 Å². The first-order valence-electron chi connectivity index (χ1n) is 20.2. The molecule has 1 aliphatic carbocycles. The number of amides is 2. The lowest BCUT2D eigenvalue weighted by atomic mass is 9.90. The highest BCUT2D eigenvalue weighted by Gasteiger charge is 2.75. The minimum Gasteiger partial charge on any atom is -0.461 e. The second-order valence-corrected chi connectivity index (χ2v) is 17.1. The van der Waals surface area contributed by atoms with Crippen LogP contribution in [-0.2, 0) is 15.9 Å². The van der Waals surface area contributed by atoms with Gasteiger partial charge in [0.15, 0.2) is 5.82 Å². The molecule has 7 aliphatic rings. The van der Waals surface area contributed by atoms with Gasteiger partial charge < -0.3 is 29.2 Å². The topological polar surface area (TPSA) is 131 Å². The van der Waals surface area contributed by atoms with Crippen molar-refractivity contribution in [1.29, 1.82) is 0 Å². The fourth-order valence-electron chi connectivity index (χ4n) is 10.1. The molecule has 2 aromatic carbocycles. The van der Waals surface area contributed by atoms with Crippen LogP contribution in [0.5, 0.6) is 11.8 Å². The van der Waals surface area contributed by atoms with E-state index in [2.05, 4.69) is 20.3 Å². The molecule has 4 aromatic rings. The summed E-state index contributed by atoms with van der Waals surface area (Å²) in [4.78, 5) is 44.7. The first-order chi connectivity index (χ1) is 28.7. The zero-order valence-corrected chi connectivity index (χ0v) is 32.5. The quantitative estimate of drug-likeness (QED) is 0.226. The van der Waals surface area contributed by atoms with Crippen LogP contribution in [0.15, 0.2) is 30.5 Å². The molecule has 1 N–H and O–H groups in total. The SMILES string of the molecule is C[C@@]12C[C@@H](F)CN(C1)c1nc(OC[C@@]34CCCN3C[C@H](F)C4)nc3c(F)c(ncc13)-c1cc(OC(=O)N3CCOC4C3C4(F)F)cc3ccc(F)c(c13)CCCOC(=O)N2.[HH]. The van der Waals surface area contributed by atoms with Crippen LogP contribution in [0.4, 0.5) is 41.7 Å². The zero-order valence-electron chi connectivity index (χ0n) is 32.5. The summed E-state index contributed by atoms with van der Waals surface area (Å²) in [6, 6.07) is 3.54. The Kier molecular flexibility index (Phi) is 9.23. The minimum absolute atomic E-state index is 0. The predicted octanol–water partition coefficient (Wildman–Crippen LogP) is 6.52. The number of aromatic nitrogens is 3. The van der Waals surface area contributed by atoms with Crippen molar-refractivity contribution in [3.05, 3.63) is 47.7 Å². The molecule has 1 saturated carbocycles. The van der Waals surface area contributed by atoms with Crippen molar-refractivity contribution in [1.82, 2.24) is 30.1 Å². The second kappa shape index (κ2) is 14.2. The van der Waals surface area contributed by atoms with E-state index in [-0.39, 0.29) is 124 Å². The maximum Gasteiger partial charge on any atom is 0.415 e. The van der Waals surface area contributed by atoms with Gasteiger partial charge in [-0.1, -0.05) is 6.07 Å². The summed E-state index contributed by atoms with van der Waals surface area (Å²) >= 11 is 0. The Morgan fingerprint density at radius 3 is 2.75 bits per heavy atom. The molecule has 5 fully saturated rings. The predicted molar refractivity (Wildman–Crippen MR) is 205 cm³/mol. The van der Waals surface area contributed by atoms with Crippen molar-refractivity contribution in [2.24, 2.45) is 0 Å². The molecule has 19 heteroatoms. The number of anilines is 1. The summed E-state index contributed by atoms with van der Waals surface area (Å²) in [5, 5.41) is 3.36. The molecular weight excluding hydrogens is 800 g/mol. The highest BCUT2D eigenvalue weighted by Crippen LogP contribution is 2.50. The third-order valence-corrected chi connectivity index (χ3v) is 12.8. The fourth-order valence-corrected chi connectivity index (χ4v) is 10.1. The van der Waals surface area contributed by atoms with Crippen molar-refractivity contribution in [2.45, 2.75) is 86.9 Å². The van der Waals surface area contributed by atoms with E-state index in [9.17, 15) is 22.8 Å². The van der Waals surface area contributed by atoms with Crippen molar-refractivity contribution >= 4 is 39.7 Å². The van der Waals surface area contributed by atoms with Crippen molar-refractivity contribution in [2.75, 3.05) is 57.4 Å². The summed E-state index contributed by atoms with van der Waals surface area (Å²) < 4.78 is 115. The Bertz CT molecular complexity index is 2440. The first-order valence-corrected chi connectivity index (χ1v) is 20.2. The average molecular weight is 844 g/mol. The summed E-state index contributed by atoms with van der Waals surface area (Å²) in [5.74, 6) is -4.98. The van der Waals surface area contributed by atoms with E-state index >= 15 is 13.2 Å². The Morgan fingerprint density at radius 2 is 1.90 bits per heavy atom. The van der Waals surface area contributed by atoms with E-state index in [0.29, 0.717) is 18.4 Å². The highest BCUT2D eigenvalue weighted by molar-refractivity contribution is 6.02. The van der Waals surface area contributed by atoms with Gasteiger partial charge in [0.05, 0.1) is 36.2 Å². The summed E-state index contributed by atoms with van der Waals surface area (Å²) in [7, 11) is 0. The number of aryl methyl sites for hydroxylation is 1. The number of alkyl halides is 4. The Balaban J connectivity index is 0.00000476. The number of benzene rings is 2. The minimum atomic E-state index is -3.25. The number of carbonyl (C=O) groups excluding carboxylic acids is 2. The van der Waals surface area contributed by atoms with E-state index in [1.807, 2.05) is 4.90 Å². The van der Waals surface area contributed by atoms with Gasteiger partial charge in [0.25, 0.3) is 5.92 Å². The van der Waals surface area contributed by atoms with Crippen LogP contribution >= 0.6 is 0 Å². The number of halogens is 6. The second-order valence-electron chi connectivity index (χ2n) is 17.1. The molecular formula is C41H43F6N7O6. The van der Waals surface area contributed by atoms with Gasteiger partial charge in [0.1, 0.15) is 59.7 Å². The Labute approximate surface area is 340 Å². The van der Waals surface area contributed by atoms with Crippen LogP contribution in [0.2, 0.25) is 0 Å². The molecule has 0 spiro atoms. The number of hydrogen-bond acceptors (Lipinski definition) is 11. The normalized spacial score (nSPS) is 29.9. The largest absolute Gasteiger partial charge is 0.461 e. The van der Waals surface area contributed by atoms with Gasteiger partial charge in [0.2, 0.25) is 0 Å². The monoisotopic (exact) mass is 843 g/mol. The molecule has 13 nitrogen and oxygen atoms in total. The third-order valence-electron chi connectivity index (χ3n) is 12.8. The lowest BCUT2D eigenvalue weighted by Gasteiger charge is -2.42. The average Bonchev–Trinajstić information content (AvgIpc) is 3.40. The van der Waals surface area contributed by atoms with Gasteiger partial charge in [-0.15, -0.1) is 0 Å². The number of ether oxygens (including phenoxy) is 4. The van der Waals surface area contributed by atoms with Gasteiger partial charge in [-0.25, -0.2) is 35.9 Å². The van der Waals surface area contributed by atoms with E-state index in [0.717, 1.165) is 11.3 Å². The van der Waals surface area contributed by atoms with Crippen LogP contribution in [0, 0.1) is 11.6 Å². The molecule has 6 atom stereocenters. The van der Waals surface area contributed by atoms with Crippen LogP contribution < -0.4 is 19.7 Å². The maximum absolute atomic E-state index is 17.5. The lowest BCUT2D eigenvalue weighted by Crippen LogP contribution is -2.60. The first kappa shape index (κ1) is 39.0. The van der Waals surface area contributed by atoms with Crippen molar-refractivity contribution in [3.63, 3.8) is 0 Å². The zero-order chi connectivity index (χ0) is 41.7. The number of alkyl carbamates (subject to hydrolysis) is 1. The number of pyridine rings is 1. The van der Waals surface area contributed by atoms with Gasteiger partial charge in [-0.2, -0.15) is 9.97 Å². The maximum atomic E-state index is 17.5. The number of nitrogens with zero attached hydrogens (tertiary/aromatic N) is 6. The van der Waals surface area contributed by atoms with Crippen LogP contribution in [0.3, 0.4) is 0 Å². The molecule has 2 amide bonds. The number of piperidine rings is 1. The smallest absolute Gasteiger partial charge is 0.415 e. The Hall–Kier alpha value is -5.17. The van der Waals surface area contributed by atoms with Crippen LogP contribution in [0.1, 0.15) is 46.0 Å². The number of fused-ring (bicyclic) bond motifs is 8. The number of hydrogen-bond donors (Lipinski definition) is 1. The molecule has 11 rings (SSSR count). The van der Waals surface area contributed by atoms with Crippen molar-refractivity contribution in [3.8, 4) is 23.0 Å². The van der Waals surface area contributed by atoms with E-state index in [1.165, 1.54) is 30.5 Å². The molecule has 4 saturated heterocycles. The number of carbonyl (C=O) groups is 2. The highest BCUT2D eigenvalue weighted by atomic mass is 19.3. The number of rotatable bonds is 4. The third kappa shape index (κ3) is 6.58. The molecule has 8 heterocycles. The number of morpholine rings is 1. The molecule has 60 heavy (non-hydrogen) atoms. The molecule has 6 bridgehead atoms. The van der Waals surface area contributed by atoms with Crippen LogP contribution in [-0.4, -0.2) is 131 Å². The van der Waals surface area contributed by atoms with Crippen molar-refractivity contribution < 1.29 is 56.3 Å². The van der Waals surface area contributed by atoms with Gasteiger partial charge >= 0.3 is 18.2 Å². The van der Waals surface area contributed by atoms with E-state index in [4.69, 9.17) is 18.9 Å². The van der Waals surface area contributed by atoms with Crippen LogP contribution in [0.25, 0.3) is 32.9 Å². The molecule has 0 radical (unpaired) electrons. The summed E-state index contributed by atoms with van der Waals surface area (Å²) in [6.07, 6.45) is -2.70. The summed E-state index contributed by atoms with van der Waals surface area (Å²) in [6.45, 7) is 2.06. The van der Waals surface area contributed by atoms with Gasteiger partial charge in [-0.05, 0) is 73.7 Å². The van der Waals surface area contributed by atoms with Gasteiger partial charge in [0, 0.05) is 45.7 Å². The van der Waals surface area contributed by atoms with E-state index in [1.54, 1.807) is 11.8 Å². The molecule has 2 unspecified atom stereocenters. The fraction of sp³-hybridized carbons (Fsp3) is 0.537. The Morgan fingerprint density at radius 1 is 1.07 bits per heavy atom. The number of nitrogens with one attached hydrogen (secondary N) is 1. The summed E-state index contributed by atoms with van der Waals surface area (Å²) in [5.41, 5.74) is -2.28. The lowest BCUT2D eigenvalue weighted by molar-refractivity contribution is 0.0106. The molecule has 320 valence electrons. The van der Waals surface area contributed by atoms with Gasteiger partial charge in [-0.3, -0.25) is 14.8 Å². The standard InChI is InChI=1S/C41H41F6N7O6.H2/c1-39-14-22(42)17-52(19-39)35-27-16-48-31(30(45)32(27)49-36(50-35)59-20-40-7-3-8-53(40)18-23(43)15-40)26-13-24(60-38(56)54-9-11-57-34-33(54)41(34,46)47)12-21-5-6-28(44)25(29(21)26)4-2-10-58-37(55)51-39;/h5-6,12-13,16,22-23,33-34H,2-4,7-11,14-15,17-20H2,1H3,(H,51,55);1H/t22-,23-,33?,34?,39-,40+;/m1./s1. The molecule has 2 aromatic heterocycles. The molecule has 6 aliphatic heterocycles.